The molecule has 2 N–H and O–H groups in total. The minimum atomic E-state index is 0.779. The topological polar surface area (TPSA) is 43.8 Å². The summed E-state index contributed by atoms with van der Waals surface area (Å²) in [7, 11) is 0. The number of nitrogen functional groups attached to an aromatic ring is 1. The normalized spacial score (nSPS) is 10.5. The Balaban J connectivity index is 2.45. The van der Waals surface area contributed by atoms with E-state index in [0.717, 1.165) is 30.0 Å². The van der Waals surface area contributed by atoms with Crippen LogP contribution < -0.4 is 5.73 Å². The molecule has 0 fully saturated rings. The van der Waals surface area contributed by atoms with Gasteiger partial charge in [-0.3, -0.25) is 0 Å². The van der Waals surface area contributed by atoms with Crippen LogP contribution in [0.4, 0.5) is 5.69 Å². The molecular weight excluding hydrogens is 186 g/mol. The number of nitrogens with zero attached hydrogens (tertiary/aromatic N) is 2. The first-order valence-corrected chi connectivity index (χ1v) is 5.19. The van der Waals surface area contributed by atoms with E-state index in [4.69, 9.17) is 5.73 Å². The zero-order valence-electron chi connectivity index (χ0n) is 8.85. The molecule has 1 aromatic carbocycles. The summed E-state index contributed by atoms with van der Waals surface area (Å²) in [4.78, 5) is 4.35. The van der Waals surface area contributed by atoms with Crippen molar-refractivity contribution in [3.63, 3.8) is 0 Å². The van der Waals surface area contributed by atoms with Crippen LogP contribution in [0.3, 0.4) is 0 Å². The summed E-state index contributed by atoms with van der Waals surface area (Å²) < 4.78 is 2.13. The molecule has 0 aliphatic carbocycles. The predicted octanol–water partition coefficient (Wildman–Crippen LogP) is 2.54. The molecule has 0 amide bonds. The average Bonchev–Trinajstić information content (AvgIpc) is 2.67. The smallest absolute Gasteiger partial charge is 0.141 e. The molecule has 3 heteroatoms. The van der Waals surface area contributed by atoms with Crippen molar-refractivity contribution in [3.05, 3.63) is 36.7 Å². The lowest BCUT2D eigenvalue weighted by atomic mass is 10.1. The number of nitrogens with two attached hydrogens (primary N) is 1. The third-order valence-electron chi connectivity index (χ3n) is 2.38. The fraction of sp³-hybridized carbons (Fsp3) is 0.250. The van der Waals surface area contributed by atoms with Gasteiger partial charge in [0.15, 0.2) is 0 Å². The summed E-state index contributed by atoms with van der Waals surface area (Å²) in [6.07, 6.45) is 4.90. The monoisotopic (exact) mass is 201 g/mol. The Morgan fingerprint density at radius 2 is 2.13 bits per heavy atom. The Kier molecular flexibility index (Phi) is 2.72. The second kappa shape index (κ2) is 4.17. The molecule has 0 unspecified atom stereocenters. The van der Waals surface area contributed by atoms with Crippen molar-refractivity contribution in [2.75, 3.05) is 5.73 Å². The van der Waals surface area contributed by atoms with Crippen LogP contribution in [0, 0.1) is 0 Å². The molecule has 15 heavy (non-hydrogen) atoms. The Morgan fingerprint density at radius 3 is 2.87 bits per heavy atom. The van der Waals surface area contributed by atoms with Crippen molar-refractivity contribution >= 4 is 5.69 Å². The lowest BCUT2D eigenvalue weighted by molar-refractivity contribution is 0.685. The van der Waals surface area contributed by atoms with Crippen molar-refractivity contribution in [2.45, 2.75) is 19.9 Å². The van der Waals surface area contributed by atoms with Crippen LogP contribution in [0.2, 0.25) is 0 Å². The van der Waals surface area contributed by atoms with E-state index in [1.807, 2.05) is 36.7 Å². The van der Waals surface area contributed by atoms with Crippen molar-refractivity contribution in [3.8, 4) is 11.4 Å². The van der Waals surface area contributed by atoms with Gasteiger partial charge in [-0.2, -0.15) is 0 Å². The Hall–Kier alpha value is -1.77. The number of imidazole rings is 1. The van der Waals surface area contributed by atoms with Gasteiger partial charge in [0.25, 0.3) is 0 Å². The first-order chi connectivity index (χ1) is 7.33. The third kappa shape index (κ3) is 1.86. The molecule has 0 spiro atoms. The van der Waals surface area contributed by atoms with E-state index in [-0.39, 0.29) is 0 Å². The summed E-state index contributed by atoms with van der Waals surface area (Å²) >= 11 is 0. The van der Waals surface area contributed by atoms with Gasteiger partial charge in [0, 0.05) is 30.2 Å². The number of rotatable bonds is 3. The number of hydrogen-bond donors (Lipinski definition) is 1. The van der Waals surface area contributed by atoms with E-state index in [2.05, 4.69) is 16.5 Å². The Labute approximate surface area is 89.6 Å². The molecule has 0 saturated carbocycles. The first-order valence-electron chi connectivity index (χ1n) is 5.19. The van der Waals surface area contributed by atoms with E-state index in [1.165, 1.54) is 0 Å². The zero-order valence-corrected chi connectivity index (χ0v) is 8.85. The molecule has 1 heterocycles. The Morgan fingerprint density at radius 1 is 1.33 bits per heavy atom. The van der Waals surface area contributed by atoms with Crippen LogP contribution in [0.25, 0.3) is 11.4 Å². The maximum absolute atomic E-state index is 5.92. The minimum absolute atomic E-state index is 0.779. The number of benzene rings is 1. The molecule has 0 aliphatic heterocycles. The minimum Gasteiger partial charge on any atom is -0.398 e. The SMILES string of the molecule is CCCn1ccnc1-c1ccccc1N. The van der Waals surface area contributed by atoms with Gasteiger partial charge in [-0.05, 0) is 18.6 Å². The lowest BCUT2D eigenvalue weighted by Gasteiger charge is -2.08. The van der Waals surface area contributed by atoms with E-state index < -0.39 is 0 Å². The zero-order chi connectivity index (χ0) is 10.7. The highest BCUT2D eigenvalue weighted by atomic mass is 15.1. The van der Waals surface area contributed by atoms with Crippen LogP contribution in [0.15, 0.2) is 36.7 Å². The number of hydrogen-bond acceptors (Lipinski definition) is 2. The quantitative estimate of drug-likeness (QED) is 0.775. The van der Waals surface area contributed by atoms with E-state index in [0.29, 0.717) is 0 Å². The predicted molar refractivity (Wildman–Crippen MR) is 62.4 cm³/mol. The van der Waals surface area contributed by atoms with Crippen molar-refractivity contribution < 1.29 is 0 Å². The van der Waals surface area contributed by atoms with Gasteiger partial charge in [-0.1, -0.05) is 19.1 Å². The molecular formula is C12H15N3. The van der Waals surface area contributed by atoms with Crippen molar-refractivity contribution in [2.24, 2.45) is 0 Å². The molecule has 0 radical (unpaired) electrons. The maximum atomic E-state index is 5.92. The van der Waals surface area contributed by atoms with Crippen LogP contribution in [-0.2, 0) is 6.54 Å². The van der Waals surface area contributed by atoms with Crippen molar-refractivity contribution in [1.82, 2.24) is 9.55 Å². The van der Waals surface area contributed by atoms with Gasteiger partial charge in [-0.15, -0.1) is 0 Å². The molecule has 3 nitrogen and oxygen atoms in total. The summed E-state index contributed by atoms with van der Waals surface area (Å²) in [6.45, 7) is 3.13. The van der Waals surface area contributed by atoms with Gasteiger partial charge in [0.2, 0.25) is 0 Å². The molecule has 0 atom stereocenters. The van der Waals surface area contributed by atoms with Gasteiger partial charge < -0.3 is 10.3 Å². The van der Waals surface area contributed by atoms with Crippen LogP contribution in [0.1, 0.15) is 13.3 Å². The highest BCUT2D eigenvalue weighted by Gasteiger charge is 2.07. The lowest BCUT2D eigenvalue weighted by Crippen LogP contribution is -2.00. The molecule has 0 bridgehead atoms. The number of aryl methyl sites for hydroxylation is 1. The average molecular weight is 201 g/mol. The fourth-order valence-electron chi connectivity index (χ4n) is 1.68. The highest BCUT2D eigenvalue weighted by Crippen LogP contribution is 2.23. The molecule has 0 saturated heterocycles. The van der Waals surface area contributed by atoms with Crippen LogP contribution in [0.5, 0.6) is 0 Å². The first kappa shape index (κ1) is 9.77. The van der Waals surface area contributed by atoms with Crippen molar-refractivity contribution in [1.29, 1.82) is 0 Å². The highest BCUT2D eigenvalue weighted by molar-refractivity contribution is 5.71. The van der Waals surface area contributed by atoms with Gasteiger partial charge in [0.05, 0.1) is 0 Å². The largest absolute Gasteiger partial charge is 0.398 e. The van der Waals surface area contributed by atoms with Crippen LogP contribution >= 0.6 is 0 Å². The molecule has 2 rings (SSSR count). The van der Waals surface area contributed by atoms with E-state index in [1.54, 1.807) is 0 Å². The summed E-state index contributed by atoms with van der Waals surface area (Å²) in [5.41, 5.74) is 7.71. The number of para-hydroxylation sites is 1. The third-order valence-corrected chi connectivity index (χ3v) is 2.38. The molecule has 2 aromatic rings. The second-order valence-corrected chi connectivity index (χ2v) is 3.53. The standard InChI is InChI=1S/C12H15N3/c1-2-8-15-9-7-14-12(15)10-5-3-4-6-11(10)13/h3-7,9H,2,8,13H2,1H3. The number of anilines is 1. The summed E-state index contributed by atoms with van der Waals surface area (Å²) in [5, 5.41) is 0. The van der Waals surface area contributed by atoms with Crippen LogP contribution in [-0.4, -0.2) is 9.55 Å². The van der Waals surface area contributed by atoms with Gasteiger partial charge >= 0.3 is 0 Å². The van der Waals surface area contributed by atoms with E-state index >= 15 is 0 Å². The molecule has 0 aliphatic rings. The van der Waals surface area contributed by atoms with Gasteiger partial charge in [-0.25, -0.2) is 4.98 Å². The van der Waals surface area contributed by atoms with E-state index in [9.17, 15) is 0 Å². The Bertz CT molecular complexity index is 446. The second-order valence-electron chi connectivity index (χ2n) is 3.53. The summed E-state index contributed by atoms with van der Waals surface area (Å²) in [6, 6.07) is 7.83. The van der Waals surface area contributed by atoms with Gasteiger partial charge in [0.1, 0.15) is 5.82 Å². The summed E-state index contributed by atoms with van der Waals surface area (Å²) in [5.74, 6) is 0.954. The molecule has 1 aromatic heterocycles. The fourth-order valence-corrected chi connectivity index (χ4v) is 1.68. The number of aromatic nitrogens is 2. The maximum Gasteiger partial charge on any atom is 0.141 e. The molecule has 78 valence electrons.